The zero-order chi connectivity index (χ0) is 13.5. The van der Waals surface area contributed by atoms with Crippen molar-refractivity contribution in [2.24, 2.45) is 5.41 Å². The second-order valence-electron chi connectivity index (χ2n) is 6.70. The maximum atomic E-state index is 5.78. The molecule has 0 atom stereocenters. The quantitative estimate of drug-likeness (QED) is 0.906. The summed E-state index contributed by atoms with van der Waals surface area (Å²) in [6, 6.07) is 1.07. The lowest BCUT2D eigenvalue weighted by Gasteiger charge is -2.40. The molecule has 5 heteroatoms. The number of hydrogen-bond donors (Lipinski definition) is 1. The van der Waals surface area contributed by atoms with E-state index in [1.54, 1.807) is 7.11 Å². The molecule has 1 aromatic rings. The standard InChI is InChI=1S/C14H23N3O2/c1-13(2)6-8-14(18-3,9-7-13)11-16-12(19-17-11)15-10-4-5-10/h10H,4-9H2,1-3H3,(H,15,16,17). The Hall–Kier alpha value is -1.10. The van der Waals surface area contributed by atoms with Gasteiger partial charge in [-0.2, -0.15) is 4.98 Å². The molecule has 0 saturated heterocycles. The number of methoxy groups -OCH3 is 1. The predicted octanol–water partition coefficient (Wildman–Crippen LogP) is 3.09. The van der Waals surface area contributed by atoms with Gasteiger partial charge in [-0.15, -0.1) is 0 Å². The van der Waals surface area contributed by atoms with Gasteiger partial charge in [0.25, 0.3) is 0 Å². The van der Waals surface area contributed by atoms with Crippen LogP contribution < -0.4 is 5.32 Å². The molecule has 106 valence electrons. The van der Waals surface area contributed by atoms with E-state index in [1.807, 2.05) is 0 Å². The zero-order valence-corrected chi connectivity index (χ0v) is 12.0. The minimum Gasteiger partial charge on any atom is -0.370 e. The summed E-state index contributed by atoms with van der Waals surface area (Å²) >= 11 is 0. The maximum Gasteiger partial charge on any atom is 0.321 e. The van der Waals surface area contributed by atoms with Gasteiger partial charge >= 0.3 is 6.01 Å². The first-order valence-electron chi connectivity index (χ1n) is 7.19. The number of aromatic nitrogens is 2. The van der Waals surface area contributed by atoms with E-state index < -0.39 is 0 Å². The molecule has 0 spiro atoms. The van der Waals surface area contributed by atoms with Crippen LogP contribution in [0, 0.1) is 5.41 Å². The van der Waals surface area contributed by atoms with Crippen molar-refractivity contribution in [3.63, 3.8) is 0 Å². The van der Waals surface area contributed by atoms with Crippen molar-refractivity contribution in [2.45, 2.75) is 64.0 Å². The van der Waals surface area contributed by atoms with Crippen LogP contribution in [0.15, 0.2) is 4.52 Å². The van der Waals surface area contributed by atoms with Crippen LogP contribution in [-0.2, 0) is 10.3 Å². The van der Waals surface area contributed by atoms with Gasteiger partial charge in [0.2, 0.25) is 5.82 Å². The highest BCUT2D eigenvalue weighted by Gasteiger charge is 2.43. The molecule has 2 aliphatic rings. The molecular formula is C14H23N3O2. The monoisotopic (exact) mass is 265 g/mol. The summed E-state index contributed by atoms with van der Waals surface area (Å²) in [5, 5.41) is 7.37. The van der Waals surface area contributed by atoms with E-state index in [1.165, 1.54) is 12.8 Å². The first-order chi connectivity index (χ1) is 9.03. The van der Waals surface area contributed by atoms with Gasteiger partial charge in [0.05, 0.1) is 0 Å². The van der Waals surface area contributed by atoms with E-state index in [4.69, 9.17) is 9.26 Å². The molecule has 0 aromatic carbocycles. The molecule has 0 bridgehead atoms. The van der Waals surface area contributed by atoms with Gasteiger partial charge in [0.1, 0.15) is 5.60 Å². The van der Waals surface area contributed by atoms with E-state index in [-0.39, 0.29) is 5.60 Å². The lowest BCUT2D eigenvalue weighted by atomic mass is 9.70. The van der Waals surface area contributed by atoms with Crippen molar-refractivity contribution >= 4 is 6.01 Å². The van der Waals surface area contributed by atoms with E-state index in [0.717, 1.165) is 25.7 Å². The van der Waals surface area contributed by atoms with Crippen LogP contribution in [-0.4, -0.2) is 23.3 Å². The number of anilines is 1. The lowest BCUT2D eigenvalue weighted by Crippen LogP contribution is -2.37. The fraction of sp³-hybridized carbons (Fsp3) is 0.857. The molecule has 2 saturated carbocycles. The number of rotatable bonds is 4. The largest absolute Gasteiger partial charge is 0.370 e. The minimum atomic E-state index is -0.359. The van der Waals surface area contributed by atoms with Crippen LogP contribution in [0.1, 0.15) is 58.2 Å². The Morgan fingerprint density at radius 1 is 1.21 bits per heavy atom. The van der Waals surface area contributed by atoms with E-state index >= 15 is 0 Å². The molecule has 2 fully saturated rings. The van der Waals surface area contributed by atoms with Gasteiger partial charge in [-0.25, -0.2) is 0 Å². The second-order valence-corrected chi connectivity index (χ2v) is 6.70. The Balaban J connectivity index is 1.75. The Morgan fingerprint density at radius 2 is 1.89 bits per heavy atom. The third-order valence-electron chi connectivity index (χ3n) is 4.54. The number of hydrogen-bond acceptors (Lipinski definition) is 5. The van der Waals surface area contributed by atoms with Crippen molar-refractivity contribution in [3.8, 4) is 0 Å². The Labute approximate surface area is 114 Å². The summed E-state index contributed by atoms with van der Waals surface area (Å²) in [5.41, 5.74) is 0.0311. The summed E-state index contributed by atoms with van der Waals surface area (Å²) in [6.45, 7) is 4.62. The maximum absolute atomic E-state index is 5.78. The molecule has 1 N–H and O–H groups in total. The van der Waals surface area contributed by atoms with E-state index in [0.29, 0.717) is 23.3 Å². The van der Waals surface area contributed by atoms with Crippen molar-refractivity contribution in [1.29, 1.82) is 0 Å². The molecule has 3 rings (SSSR count). The van der Waals surface area contributed by atoms with Gasteiger partial charge in [0, 0.05) is 13.2 Å². The average Bonchev–Trinajstić information content (AvgIpc) is 3.07. The van der Waals surface area contributed by atoms with Crippen molar-refractivity contribution in [2.75, 3.05) is 12.4 Å². The Morgan fingerprint density at radius 3 is 2.47 bits per heavy atom. The fourth-order valence-corrected chi connectivity index (χ4v) is 2.72. The molecular weight excluding hydrogens is 242 g/mol. The molecule has 1 heterocycles. The van der Waals surface area contributed by atoms with Crippen molar-refractivity contribution in [3.05, 3.63) is 5.82 Å². The van der Waals surface area contributed by atoms with Gasteiger partial charge in [-0.05, 0) is 43.9 Å². The highest BCUT2D eigenvalue weighted by atomic mass is 16.5. The molecule has 0 amide bonds. The zero-order valence-electron chi connectivity index (χ0n) is 12.0. The number of ether oxygens (including phenoxy) is 1. The molecule has 1 aromatic heterocycles. The highest BCUT2D eigenvalue weighted by Crippen LogP contribution is 2.46. The molecule has 5 nitrogen and oxygen atoms in total. The van der Waals surface area contributed by atoms with Crippen LogP contribution in [0.4, 0.5) is 6.01 Å². The Kier molecular flexibility index (Phi) is 3.04. The number of nitrogens with one attached hydrogen (secondary N) is 1. The van der Waals surface area contributed by atoms with Gasteiger partial charge < -0.3 is 14.6 Å². The molecule has 0 unspecified atom stereocenters. The van der Waals surface area contributed by atoms with Crippen molar-refractivity contribution < 1.29 is 9.26 Å². The first-order valence-corrected chi connectivity index (χ1v) is 7.19. The van der Waals surface area contributed by atoms with Crippen LogP contribution >= 0.6 is 0 Å². The molecule has 0 radical (unpaired) electrons. The summed E-state index contributed by atoms with van der Waals surface area (Å²) in [4.78, 5) is 4.49. The minimum absolute atomic E-state index is 0.359. The summed E-state index contributed by atoms with van der Waals surface area (Å²) in [5.74, 6) is 0.702. The van der Waals surface area contributed by atoms with Gasteiger partial charge in [-0.1, -0.05) is 19.0 Å². The lowest BCUT2D eigenvalue weighted by molar-refractivity contribution is -0.0740. The van der Waals surface area contributed by atoms with Crippen molar-refractivity contribution in [1.82, 2.24) is 10.1 Å². The second kappa shape index (κ2) is 4.47. The third kappa shape index (κ3) is 2.61. The smallest absolute Gasteiger partial charge is 0.321 e. The topological polar surface area (TPSA) is 60.2 Å². The van der Waals surface area contributed by atoms with Gasteiger partial charge in [0.15, 0.2) is 0 Å². The SMILES string of the molecule is COC1(c2noc(NC3CC3)n2)CCC(C)(C)CC1. The first kappa shape index (κ1) is 12.9. The summed E-state index contributed by atoms with van der Waals surface area (Å²) < 4.78 is 11.1. The van der Waals surface area contributed by atoms with E-state index in [9.17, 15) is 0 Å². The van der Waals surface area contributed by atoms with Crippen LogP contribution in [0.3, 0.4) is 0 Å². The normalized spacial score (nSPS) is 25.2. The molecule has 0 aliphatic heterocycles. The summed E-state index contributed by atoms with van der Waals surface area (Å²) in [6.07, 6.45) is 6.56. The number of nitrogens with zero attached hydrogens (tertiary/aromatic N) is 2. The van der Waals surface area contributed by atoms with E-state index in [2.05, 4.69) is 29.3 Å². The molecule has 2 aliphatic carbocycles. The van der Waals surface area contributed by atoms with Gasteiger partial charge in [-0.3, -0.25) is 0 Å². The highest BCUT2D eigenvalue weighted by molar-refractivity contribution is 5.25. The third-order valence-corrected chi connectivity index (χ3v) is 4.54. The Bertz CT molecular complexity index is 441. The predicted molar refractivity (Wildman–Crippen MR) is 71.9 cm³/mol. The fourth-order valence-electron chi connectivity index (χ4n) is 2.72. The van der Waals surface area contributed by atoms with Crippen LogP contribution in [0.5, 0.6) is 0 Å². The molecule has 19 heavy (non-hydrogen) atoms. The van der Waals surface area contributed by atoms with Crippen LogP contribution in [0.2, 0.25) is 0 Å². The van der Waals surface area contributed by atoms with Crippen LogP contribution in [0.25, 0.3) is 0 Å². The average molecular weight is 265 g/mol. The summed E-state index contributed by atoms with van der Waals surface area (Å²) in [7, 11) is 1.75.